The van der Waals surface area contributed by atoms with Crippen LogP contribution in [-0.4, -0.2) is 15.5 Å². The van der Waals surface area contributed by atoms with E-state index in [-0.39, 0.29) is 0 Å². The minimum atomic E-state index is -0.452. The molecule has 1 aliphatic heterocycles. The van der Waals surface area contributed by atoms with Crippen LogP contribution < -0.4 is 10.5 Å². The Morgan fingerprint density at radius 2 is 2.38 bits per heavy atom. The summed E-state index contributed by atoms with van der Waals surface area (Å²) in [5.74, 6) is 1.07. The SMILES string of the molecule is NC(=O)c1ccc2c(c1)-c1nccn1CO2. The highest BCUT2D eigenvalue weighted by Gasteiger charge is 2.18. The summed E-state index contributed by atoms with van der Waals surface area (Å²) in [6, 6.07) is 5.10. The van der Waals surface area contributed by atoms with Crippen LogP contribution >= 0.6 is 0 Å². The minimum absolute atomic E-state index is 0.443. The predicted molar refractivity (Wildman–Crippen MR) is 56.8 cm³/mol. The van der Waals surface area contributed by atoms with Crippen molar-refractivity contribution in [1.29, 1.82) is 0 Å². The number of carbonyl (C=O) groups is 1. The molecular formula is C11H9N3O2. The number of amides is 1. The summed E-state index contributed by atoms with van der Waals surface area (Å²) in [4.78, 5) is 15.3. The molecule has 1 amide bonds. The van der Waals surface area contributed by atoms with Gasteiger partial charge < -0.3 is 10.5 Å². The highest BCUT2D eigenvalue weighted by atomic mass is 16.5. The quantitative estimate of drug-likeness (QED) is 0.771. The van der Waals surface area contributed by atoms with Gasteiger partial charge in [0.1, 0.15) is 11.6 Å². The molecule has 0 saturated heterocycles. The van der Waals surface area contributed by atoms with Gasteiger partial charge in [0.05, 0.1) is 5.56 Å². The fourth-order valence-electron chi connectivity index (χ4n) is 1.78. The maximum atomic E-state index is 11.1. The third kappa shape index (κ3) is 1.18. The number of hydrogen-bond donors (Lipinski definition) is 1. The van der Waals surface area contributed by atoms with Crippen LogP contribution in [0.15, 0.2) is 30.6 Å². The average molecular weight is 215 g/mol. The second-order valence-electron chi connectivity index (χ2n) is 3.57. The molecule has 5 nitrogen and oxygen atoms in total. The average Bonchev–Trinajstić information content (AvgIpc) is 2.76. The van der Waals surface area contributed by atoms with Gasteiger partial charge in [-0.3, -0.25) is 9.36 Å². The molecule has 3 rings (SSSR count). The number of imidazole rings is 1. The molecule has 0 bridgehead atoms. The largest absolute Gasteiger partial charge is 0.472 e. The topological polar surface area (TPSA) is 70.1 Å². The lowest BCUT2D eigenvalue weighted by atomic mass is 10.1. The molecule has 16 heavy (non-hydrogen) atoms. The Morgan fingerprint density at radius 1 is 1.50 bits per heavy atom. The first-order chi connectivity index (χ1) is 7.75. The van der Waals surface area contributed by atoms with Crippen LogP contribution in [0.4, 0.5) is 0 Å². The second kappa shape index (κ2) is 3.10. The Morgan fingerprint density at radius 3 is 3.19 bits per heavy atom. The summed E-state index contributed by atoms with van der Waals surface area (Å²) < 4.78 is 7.38. The van der Waals surface area contributed by atoms with Gasteiger partial charge in [-0.2, -0.15) is 0 Å². The number of nitrogens with two attached hydrogens (primary N) is 1. The monoisotopic (exact) mass is 215 g/mol. The second-order valence-corrected chi connectivity index (χ2v) is 3.57. The highest BCUT2D eigenvalue weighted by molar-refractivity contribution is 5.94. The molecular weight excluding hydrogens is 206 g/mol. The maximum Gasteiger partial charge on any atom is 0.248 e. The number of nitrogens with zero attached hydrogens (tertiary/aromatic N) is 2. The van der Waals surface area contributed by atoms with Gasteiger partial charge in [0.15, 0.2) is 6.73 Å². The van der Waals surface area contributed by atoms with Crippen molar-refractivity contribution in [3.63, 3.8) is 0 Å². The third-order valence-electron chi connectivity index (χ3n) is 2.58. The van der Waals surface area contributed by atoms with Gasteiger partial charge in [-0.15, -0.1) is 0 Å². The summed E-state index contributed by atoms with van der Waals surface area (Å²) in [7, 11) is 0. The van der Waals surface area contributed by atoms with Crippen LogP contribution in [0, 0.1) is 0 Å². The molecule has 80 valence electrons. The standard InChI is InChI=1S/C11H9N3O2/c12-10(15)7-1-2-9-8(5-7)11-13-3-4-14(11)6-16-9/h1-5H,6H2,(H2,12,15). The normalized spacial score (nSPS) is 12.5. The Labute approximate surface area is 91.5 Å². The van der Waals surface area contributed by atoms with Gasteiger partial charge in [-0.05, 0) is 18.2 Å². The lowest BCUT2D eigenvalue weighted by molar-refractivity contribution is 0.1000. The van der Waals surface area contributed by atoms with E-state index in [1.807, 2.05) is 10.8 Å². The van der Waals surface area contributed by atoms with Gasteiger partial charge in [0.2, 0.25) is 5.91 Å². The van der Waals surface area contributed by atoms with E-state index in [1.165, 1.54) is 0 Å². The summed E-state index contributed by atoms with van der Waals surface area (Å²) in [6.07, 6.45) is 3.53. The Balaban J connectivity index is 2.22. The zero-order valence-corrected chi connectivity index (χ0v) is 8.38. The Bertz CT molecular complexity index is 574. The number of aromatic nitrogens is 2. The van der Waals surface area contributed by atoms with Crippen LogP contribution in [0.25, 0.3) is 11.4 Å². The summed E-state index contributed by atoms with van der Waals surface area (Å²) in [5, 5.41) is 0. The van der Waals surface area contributed by atoms with Crippen LogP contribution in [-0.2, 0) is 6.73 Å². The zero-order chi connectivity index (χ0) is 11.1. The van der Waals surface area contributed by atoms with E-state index >= 15 is 0 Å². The third-order valence-corrected chi connectivity index (χ3v) is 2.58. The van der Waals surface area contributed by atoms with Gasteiger partial charge >= 0.3 is 0 Å². The molecule has 0 saturated carbocycles. The summed E-state index contributed by atoms with van der Waals surface area (Å²) >= 11 is 0. The van der Waals surface area contributed by atoms with Crippen molar-refractivity contribution in [3.8, 4) is 17.1 Å². The number of carbonyl (C=O) groups excluding carboxylic acids is 1. The smallest absolute Gasteiger partial charge is 0.248 e. The Kier molecular flexibility index (Phi) is 1.73. The fourth-order valence-corrected chi connectivity index (χ4v) is 1.78. The van der Waals surface area contributed by atoms with E-state index in [9.17, 15) is 4.79 Å². The van der Waals surface area contributed by atoms with Gasteiger partial charge in [-0.1, -0.05) is 0 Å². The van der Waals surface area contributed by atoms with Crippen LogP contribution in [0.1, 0.15) is 10.4 Å². The molecule has 1 aliphatic rings. The predicted octanol–water partition coefficient (Wildman–Crippen LogP) is 0.999. The Hall–Kier alpha value is -2.30. The fraction of sp³-hybridized carbons (Fsp3) is 0.0909. The molecule has 0 aliphatic carbocycles. The number of rotatable bonds is 1. The minimum Gasteiger partial charge on any atom is -0.472 e. The van der Waals surface area contributed by atoms with E-state index in [2.05, 4.69) is 4.98 Å². The van der Waals surface area contributed by atoms with E-state index < -0.39 is 5.91 Å². The van der Waals surface area contributed by atoms with Gasteiger partial charge in [-0.25, -0.2) is 4.98 Å². The van der Waals surface area contributed by atoms with Crippen LogP contribution in [0.2, 0.25) is 0 Å². The van der Waals surface area contributed by atoms with Crippen molar-refractivity contribution in [2.75, 3.05) is 0 Å². The molecule has 0 fully saturated rings. The zero-order valence-electron chi connectivity index (χ0n) is 8.38. The van der Waals surface area contributed by atoms with Crippen molar-refractivity contribution in [2.45, 2.75) is 6.73 Å². The first-order valence-corrected chi connectivity index (χ1v) is 4.84. The number of benzene rings is 1. The first-order valence-electron chi connectivity index (χ1n) is 4.84. The molecule has 1 aromatic carbocycles. The number of fused-ring (bicyclic) bond motifs is 3. The molecule has 0 unspecified atom stereocenters. The maximum absolute atomic E-state index is 11.1. The van der Waals surface area contributed by atoms with Crippen molar-refractivity contribution in [1.82, 2.24) is 9.55 Å². The molecule has 2 heterocycles. The molecule has 0 radical (unpaired) electrons. The molecule has 2 N–H and O–H groups in total. The lowest BCUT2D eigenvalue weighted by Gasteiger charge is -2.19. The van der Waals surface area contributed by atoms with Crippen molar-refractivity contribution < 1.29 is 9.53 Å². The molecule has 0 atom stereocenters. The van der Waals surface area contributed by atoms with E-state index in [0.717, 1.165) is 17.1 Å². The molecule has 1 aromatic heterocycles. The lowest BCUT2D eigenvalue weighted by Crippen LogP contribution is -2.15. The molecule has 2 aromatic rings. The summed E-state index contributed by atoms with van der Waals surface area (Å²) in [5.41, 5.74) is 6.49. The van der Waals surface area contributed by atoms with Crippen LogP contribution in [0.3, 0.4) is 0 Å². The van der Waals surface area contributed by atoms with E-state index in [1.54, 1.807) is 24.4 Å². The summed E-state index contributed by atoms with van der Waals surface area (Å²) in [6.45, 7) is 0.443. The number of hydrogen-bond acceptors (Lipinski definition) is 3. The van der Waals surface area contributed by atoms with E-state index in [0.29, 0.717) is 12.3 Å². The van der Waals surface area contributed by atoms with E-state index in [4.69, 9.17) is 10.5 Å². The molecule has 5 heteroatoms. The van der Waals surface area contributed by atoms with Gasteiger partial charge in [0, 0.05) is 18.0 Å². The number of primary amides is 1. The molecule has 0 spiro atoms. The highest BCUT2D eigenvalue weighted by Crippen LogP contribution is 2.33. The van der Waals surface area contributed by atoms with Gasteiger partial charge in [0.25, 0.3) is 0 Å². The van der Waals surface area contributed by atoms with Crippen molar-refractivity contribution in [3.05, 3.63) is 36.2 Å². The van der Waals surface area contributed by atoms with Crippen molar-refractivity contribution >= 4 is 5.91 Å². The van der Waals surface area contributed by atoms with Crippen LogP contribution in [0.5, 0.6) is 5.75 Å². The number of ether oxygens (including phenoxy) is 1. The van der Waals surface area contributed by atoms with Crippen molar-refractivity contribution in [2.24, 2.45) is 5.73 Å². The first kappa shape index (κ1) is 8.96.